The maximum Gasteiger partial charge on any atom is 0.389 e. The fraction of sp³-hybridized carbons (Fsp3) is 1.00. The topological polar surface area (TPSA) is 54.0 Å². The summed E-state index contributed by atoms with van der Waals surface area (Å²) in [6.07, 6.45) is 0.927. The van der Waals surface area contributed by atoms with Crippen molar-refractivity contribution in [1.82, 2.24) is 0 Å². The molecule has 0 heterocycles. The molecule has 0 unspecified atom stereocenters. The van der Waals surface area contributed by atoms with E-state index in [0.29, 0.717) is 13.2 Å². The summed E-state index contributed by atoms with van der Waals surface area (Å²) in [5.74, 6) is 0.747. The summed E-state index contributed by atoms with van der Waals surface area (Å²) in [6, 6.07) is 0. The zero-order valence-corrected chi connectivity index (χ0v) is 11.9. The van der Waals surface area contributed by atoms with Crippen molar-refractivity contribution in [3.05, 3.63) is 0 Å². The van der Waals surface area contributed by atoms with Gasteiger partial charge in [0.2, 0.25) is 0 Å². The van der Waals surface area contributed by atoms with Crippen molar-refractivity contribution in [3.63, 3.8) is 0 Å². The van der Waals surface area contributed by atoms with E-state index in [9.17, 15) is 4.57 Å². The van der Waals surface area contributed by atoms with Crippen molar-refractivity contribution in [3.8, 4) is 0 Å². The SMILES string of the molecule is CCCSP(=O)(OCCOC)OCCOC. The number of hydrogen-bond donors (Lipinski definition) is 0. The first-order valence-corrected chi connectivity index (χ1v) is 8.33. The van der Waals surface area contributed by atoms with Crippen LogP contribution in [0.1, 0.15) is 13.3 Å². The summed E-state index contributed by atoms with van der Waals surface area (Å²) in [5, 5.41) is 0. The van der Waals surface area contributed by atoms with Crippen molar-refractivity contribution in [1.29, 1.82) is 0 Å². The Balaban J connectivity index is 3.97. The minimum atomic E-state index is -3.04. The number of rotatable bonds is 11. The van der Waals surface area contributed by atoms with Crippen LogP contribution < -0.4 is 0 Å². The lowest BCUT2D eigenvalue weighted by molar-refractivity contribution is 0.113. The van der Waals surface area contributed by atoms with E-state index in [1.807, 2.05) is 6.92 Å². The Morgan fingerprint density at radius 3 is 1.88 bits per heavy atom. The Bertz CT molecular complexity index is 188. The van der Waals surface area contributed by atoms with Crippen LogP contribution in [-0.4, -0.2) is 46.4 Å². The van der Waals surface area contributed by atoms with Crippen molar-refractivity contribution in [2.45, 2.75) is 13.3 Å². The van der Waals surface area contributed by atoms with E-state index in [1.54, 1.807) is 14.2 Å². The van der Waals surface area contributed by atoms with Crippen LogP contribution in [0.4, 0.5) is 0 Å². The van der Waals surface area contributed by atoms with Crippen LogP contribution in [0.2, 0.25) is 0 Å². The van der Waals surface area contributed by atoms with Gasteiger partial charge in [0.05, 0.1) is 26.4 Å². The summed E-state index contributed by atoms with van der Waals surface area (Å²) in [6.45, 7) is 0.342. The molecule has 0 N–H and O–H groups in total. The summed E-state index contributed by atoms with van der Waals surface area (Å²) in [7, 11) is 3.14. The van der Waals surface area contributed by atoms with Gasteiger partial charge in [0.1, 0.15) is 0 Å². The zero-order valence-electron chi connectivity index (χ0n) is 10.1. The lowest BCUT2D eigenvalue weighted by Crippen LogP contribution is -2.04. The van der Waals surface area contributed by atoms with Crippen LogP contribution in [0.25, 0.3) is 0 Å². The van der Waals surface area contributed by atoms with Gasteiger partial charge < -0.3 is 9.47 Å². The summed E-state index contributed by atoms with van der Waals surface area (Å²) < 4.78 is 32.3. The molecular formula is C9H21O5PS. The second kappa shape index (κ2) is 10.6. The lowest BCUT2D eigenvalue weighted by atomic mass is 10.6. The van der Waals surface area contributed by atoms with Gasteiger partial charge in [-0.2, -0.15) is 0 Å². The first-order chi connectivity index (χ1) is 7.68. The molecule has 0 radical (unpaired) electrons. The van der Waals surface area contributed by atoms with E-state index >= 15 is 0 Å². The molecule has 16 heavy (non-hydrogen) atoms. The van der Waals surface area contributed by atoms with Crippen LogP contribution in [-0.2, 0) is 23.1 Å². The van der Waals surface area contributed by atoms with E-state index in [0.717, 1.165) is 12.2 Å². The van der Waals surface area contributed by atoms with Crippen LogP contribution in [0.5, 0.6) is 0 Å². The van der Waals surface area contributed by atoms with Gasteiger partial charge in [-0.05, 0) is 17.8 Å². The maximum atomic E-state index is 12.1. The van der Waals surface area contributed by atoms with E-state index in [1.165, 1.54) is 11.4 Å². The highest BCUT2D eigenvalue weighted by Crippen LogP contribution is 2.60. The monoisotopic (exact) mass is 272 g/mol. The van der Waals surface area contributed by atoms with Crippen LogP contribution >= 0.6 is 18.2 Å². The number of hydrogen-bond acceptors (Lipinski definition) is 6. The zero-order chi connectivity index (χ0) is 12.3. The summed E-state index contributed by atoms with van der Waals surface area (Å²) >= 11 is 1.22. The van der Waals surface area contributed by atoms with Gasteiger partial charge in [-0.15, -0.1) is 0 Å². The molecule has 0 aliphatic carbocycles. The Morgan fingerprint density at radius 1 is 1.00 bits per heavy atom. The fourth-order valence-electron chi connectivity index (χ4n) is 0.780. The van der Waals surface area contributed by atoms with Crippen LogP contribution in [0.15, 0.2) is 0 Å². The van der Waals surface area contributed by atoms with Gasteiger partial charge in [-0.1, -0.05) is 6.92 Å². The van der Waals surface area contributed by atoms with Crippen LogP contribution in [0.3, 0.4) is 0 Å². The quantitative estimate of drug-likeness (QED) is 0.425. The van der Waals surface area contributed by atoms with Gasteiger partial charge >= 0.3 is 6.80 Å². The highest BCUT2D eigenvalue weighted by atomic mass is 32.7. The molecule has 0 aliphatic heterocycles. The molecule has 7 heteroatoms. The van der Waals surface area contributed by atoms with Gasteiger partial charge in [0, 0.05) is 20.0 Å². The standard InChI is InChI=1S/C9H21O5PS/c1-4-9-16-15(10,13-7-5-11-2)14-8-6-12-3/h4-9H2,1-3H3. The molecule has 0 spiro atoms. The molecule has 0 atom stereocenters. The second-order valence-electron chi connectivity index (χ2n) is 2.93. The van der Waals surface area contributed by atoms with Gasteiger partial charge in [0.25, 0.3) is 0 Å². The fourth-order valence-corrected chi connectivity index (χ4v) is 4.12. The molecule has 0 amide bonds. The predicted molar refractivity (Wildman–Crippen MR) is 66.0 cm³/mol. The van der Waals surface area contributed by atoms with Crippen molar-refractivity contribution in [2.24, 2.45) is 0 Å². The normalized spacial score (nSPS) is 11.9. The predicted octanol–water partition coefficient (Wildman–Crippen LogP) is 2.56. The Kier molecular flexibility index (Phi) is 10.8. The third kappa shape index (κ3) is 8.56. The van der Waals surface area contributed by atoms with E-state index < -0.39 is 6.80 Å². The van der Waals surface area contributed by atoms with Crippen molar-refractivity contribution in [2.75, 3.05) is 46.4 Å². The molecular weight excluding hydrogens is 251 g/mol. The lowest BCUT2D eigenvalue weighted by Gasteiger charge is -2.17. The number of ether oxygens (including phenoxy) is 2. The third-order valence-electron chi connectivity index (χ3n) is 1.53. The van der Waals surface area contributed by atoms with E-state index in [4.69, 9.17) is 18.5 Å². The van der Waals surface area contributed by atoms with Crippen molar-refractivity contribution < 1.29 is 23.1 Å². The first-order valence-electron chi connectivity index (χ1n) is 5.20. The van der Waals surface area contributed by atoms with E-state index in [-0.39, 0.29) is 13.2 Å². The highest BCUT2D eigenvalue weighted by molar-refractivity contribution is 8.55. The molecule has 0 aromatic rings. The van der Waals surface area contributed by atoms with Gasteiger partial charge in [0.15, 0.2) is 0 Å². The first kappa shape index (κ1) is 16.4. The van der Waals surface area contributed by atoms with Gasteiger partial charge in [-0.3, -0.25) is 9.05 Å². The van der Waals surface area contributed by atoms with Crippen molar-refractivity contribution >= 4 is 18.2 Å². The molecule has 0 aromatic carbocycles. The average Bonchev–Trinajstić information content (AvgIpc) is 2.27. The smallest absolute Gasteiger partial charge is 0.382 e. The summed E-state index contributed by atoms with van der Waals surface area (Å²) in [5.41, 5.74) is 0. The Labute approximate surface area is 101 Å². The maximum absolute atomic E-state index is 12.1. The highest BCUT2D eigenvalue weighted by Gasteiger charge is 2.24. The molecule has 0 aliphatic rings. The Hall–Kier alpha value is 0.420. The molecule has 0 aromatic heterocycles. The number of methoxy groups -OCH3 is 2. The van der Waals surface area contributed by atoms with Crippen LogP contribution in [0, 0.1) is 0 Å². The van der Waals surface area contributed by atoms with Gasteiger partial charge in [-0.25, -0.2) is 4.57 Å². The summed E-state index contributed by atoms with van der Waals surface area (Å²) in [4.78, 5) is 0. The molecule has 98 valence electrons. The minimum absolute atomic E-state index is 0.275. The third-order valence-corrected chi connectivity index (χ3v) is 5.56. The second-order valence-corrected chi connectivity index (χ2v) is 7.13. The largest absolute Gasteiger partial charge is 0.389 e. The minimum Gasteiger partial charge on any atom is -0.382 e. The molecule has 5 nitrogen and oxygen atoms in total. The molecule has 0 bridgehead atoms. The molecule has 0 saturated carbocycles. The molecule has 0 saturated heterocycles. The average molecular weight is 272 g/mol. The Morgan fingerprint density at radius 2 is 1.50 bits per heavy atom. The van der Waals surface area contributed by atoms with E-state index in [2.05, 4.69) is 0 Å². The molecule has 0 rings (SSSR count). The molecule has 0 fully saturated rings.